The van der Waals surface area contributed by atoms with E-state index >= 15 is 0 Å². The van der Waals surface area contributed by atoms with E-state index in [0.29, 0.717) is 11.5 Å². The minimum Gasteiger partial charge on any atom is -0.314 e. The Morgan fingerprint density at radius 3 is 2.62 bits per heavy atom. The number of piperazine rings is 1. The summed E-state index contributed by atoms with van der Waals surface area (Å²) in [5.74, 6) is 0. The normalized spacial score (nSPS) is 28.9. The molecule has 1 N–H and O–H groups in total. The Kier molecular flexibility index (Phi) is 2.49. The lowest BCUT2D eigenvalue weighted by molar-refractivity contribution is 0.163. The Balaban J connectivity index is 1.88. The van der Waals surface area contributed by atoms with Crippen molar-refractivity contribution in [1.82, 2.24) is 10.2 Å². The van der Waals surface area contributed by atoms with E-state index in [-0.39, 0.29) is 0 Å². The lowest BCUT2D eigenvalue weighted by atomic mass is 9.86. The number of rotatable bonds is 2. The molecule has 2 aliphatic rings. The second-order valence-electron chi connectivity index (χ2n) is 5.22. The van der Waals surface area contributed by atoms with E-state index in [1.807, 2.05) is 0 Å². The van der Waals surface area contributed by atoms with E-state index in [1.165, 1.54) is 24.9 Å². The van der Waals surface area contributed by atoms with E-state index < -0.39 is 0 Å². The molecule has 1 heterocycles. The fourth-order valence-corrected chi connectivity index (χ4v) is 3.14. The molecule has 1 aromatic carbocycles. The first-order chi connectivity index (χ1) is 7.83. The van der Waals surface area contributed by atoms with Crippen LogP contribution in [0.3, 0.4) is 0 Å². The van der Waals surface area contributed by atoms with E-state index in [0.717, 1.165) is 13.1 Å². The third-order valence-electron chi connectivity index (χ3n) is 4.29. The molecule has 1 saturated carbocycles. The maximum Gasteiger partial charge on any atom is 0.0314 e. The summed E-state index contributed by atoms with van der Waals surface area (Å²) in [5.41, 5.74) is 1.99. The van der Waals surface area contributed by atoms with Gasteiger partial charge in [-0.2, -0.15) is 0 Å². The molecule has 1 atom stereocenters. The van der Waals surface area contributed by atoms with Gasteiger partial charge in [-0.05, 0) is 25.5 Å². The number of hydrogen-bond acceptors (Lipinski definition) is 2. The molecule has 1 aliphatic heterocycles. The summed E-state index contributed by atoms with van der Waals surface area (Å²) in [4.78, 5) is 2.54. The van der Waals surface area contributed by atoms with Crippen molar-refractivity contribution in [3.8, 4) is 0 Å². The lowest BCUT2D eigenvalue weighted by Gasteiger charge is -2.39. The zero-order chi connectivity index (χ0) is 11.0. The van der Waals surface area contributed by atoms with Gasteiger partial charge in [0.25, 0.3) is 0 Å². The Labute approximate surface area is 97.6 Å². The van der Waals surface area contributed by atoms with Crippen molar-refractivity contribution in [2.24, 2.45) is 0 Å². The van der Waals surface area contributed by atoms with Gasteiger partial charge in [-0.25, -0.2) is 0 Å². The Morgan fingerprint density at radius 1 is 1.25 bits per heavy atom. The summed E-state index contributed by atoms with van der Waals surface area (Å²) in [5, 5.41) is 3.54. The van der Waals surface area contributed by atoms with Crippen LogP contribution in [0, 0.1) is 0 Å². The van der Waals surface area contributed by atoms with Gasteiger partial charge in [0, 0.05) is 31.1 Å². The van der Waals surface area contributed by atoms with Gasteiger partial charge in [-0.15, -0.1) is 0 Å². The van der Waals surface area contributed by atoms with Crippen molar-refractivity contribution >= 4 is 0 Å². The van der Waals surface area contributed by atoms with Crippen molar-refractivity contribution in [2.45, 2.75) is 24.3 Å². The molecule has 2 nitrogen and oxygen atoms in total. The van der Waals surface area contributed by atoms with Gasteiger partial charge < -0.3 is 10.2 Å². The van der Waals surface area contributed by atoms with Gasteiger partial charge in [0.1, 0.15) is 0 Å². The van der Waals surface area contributed by atoms with Crippen LogP contribution < -0.4 is 5.32 Å². The summed E-state index contributed by atoms with van der Waals surface area (Å²) < 4.78 is 0. The monoisotopic (exact) mass is 216 g/mol. The highest BCUT2D eigenvalue weighted by atomic mass is 15.2. The number of likely N-dealkylation sites (N-methyl/N-ethyl adjacent to an activating group) is 1. The molecule has 2 fully saturated rings. The molecule has 1 unspecified atom stereocenters. The van der Waals surface area contributed by atoms with Crippen molar-refractivity contribution in [3.05, 3.63) is 35.9 Å². The number of hydrogen-bond donors (Lipinski definition) is 1. The summed E-state index contributed by atoms with van der Waals surface area (Å²) >= 11 is 0. The second-order valence-corrected chi connectivity index (χ2v) is 5.22. The minimum absolute atomic E-state index is 0.448. The van der Waals surface area contributed by atoms with Crippen LogP contribution >= 0.6 is 0 Å². The van der Waals surface area contributed by atoms with Crippen LogP contribution in [-0.2, 0) is 5.41 Å². The summed E-state index contributed by atoms with van der Waals surface area (Å²) in [6.07, 6.45) is 2.71. The van der Waals surface area contributed by atoms with Gasteiger partial charge in [0.05, 0.1) is 0 Å². The van der Waals surface area contributed by atoms with E-state index in [9.17, 15) is 0 Å². The molecular weight excluding hydrogens is 196 g/mol. The Bertz CT molecular complexity index is 356. The van der Waals surface area contributed by atoms with Crippen LogP contribution in [0.25, 0.3) is 0 Å². The van der Waals surface area contributed by atoms with Gasteiger partial charge in [0.2, 0.25) is 0 Å². The first-order valence-corrected chi connectivity index (χ1v) is 6.29. The molecule has 0 amide bonds. The maximum absolute atomic E-state index is 3.54. The SMILES string of the molecule is CN1CCNCC1C1(c2ccccc2)CC1. The van der Waals surface area contributed by atoms with Crippen LogP contribution in [0.2, 0.25) is 0 Å². The Hall–Kier alpha value is -0.860. The van der Waals surface area contributed by atoms with Crippen molar-refractivity contribution in [2.75, 3.05) is 26.7 Å². The first kappa shape index (κ1) is 10.3. The topological polar surface area (TPSA) is 15.3 Å². The Morgan fingerprint density at radius 2 is 2.00 bits per heavy atom. The van der Waals surface area contributed by atoms with Gasteiger partial charge in [0.15, 0.2) is 0 Å². The highest BCUT2D eigenvalue weighted by molar-refractivity contribution is 5.34. The number of nitrogens with zero attached hydrogens (tertiary/aromatic N) is 1. The standard InChI is InChI=1S/C14H20N2/c1-16-10-9-15-11-13(16)14(7-8-14)12-5-3-2-4-6-12/h2-6,13,15H,7-11H2,1H3. The largest absolute Gasteiger partial charge is 0.314 e. The van der Waals surface area contributed by atoms with Gasteiger partial charge in [-0.1, -0.05) is 30.3 Å². The lowest BCUT2D eigenvalue weighted by Crippen LogP contribution is -2.54. The molecule has 0 radical (unpaired) electrons. The molecule has 3 rings (SSSR count). The van der Waals surface area contributed by atoms with Crippen LogP contribution in [-0.4, -0.2) is 37.6 Å². The average Bonchev–Trinajstić information content (AvgIpc) is 3.12. The number of benzene rings is 1. The van der Waals surface area contributed by atoms with Crippen LogP contribution in [0.4, 0.5) is 0 Å². The molecule has 1 saturated heterocycles. The second kappa shape index (κ2) is 3.86. The van der Waals surface area contributed by atoms with E-state index in [4.69, 9.17) is 0 Å². The minimum atomic E-state index is 0.448. The molecule has 1 aliphatic carbocycles. The molecule has 16 heavy (non-hydrogen) atoms. The highest BCUT2D eigenvalue weighted by Crippen LogP contribution is 2.52. The summed E-state index contributed by atoms with van der Waals surface area (Å²) in [6, 6.07) is 11.7. The molecule has 0 spiro atoms. The van der Waals surface area contributed by atoms with Gasteiger partial charge in [-0.3, -0.25) is 0 Å². The fraction of sp³-hybridized carbons (Fsp3) is 0.571. The smallest absolute Gasteiger partial charge is 0.0314 e. The third-order valence-corrected chi connectivity index (χ3v) is 4.29. The molecule has 0 aromatic heterocycles. The van der Waals surface area contributed by atoms with Crippen molar-refractivity contribution in [1.29, 1.82) is 0 Å². The van der Waals surface area contributed by atoms with Crippen LogP contribution in [0.1, 0.15) is 18.4 Å². The molecule has 0 bridgehead atoms. The van der Waals surface area contributed by atoms with E-state index in [2.05, 4.69) is 47.6 Å². The third kappa shape index (κ3) is 1.57. The number of nitrogens with one attached hydrogen (secondary N) is 1. The quantitative estimate of drug-likeness (QED) is 0.808. The molecule has 2 heteroatoms. The van der Waals surface area contributed by atoms with Crippen LogP contribution in [0.15, 0.2) is 30.3 Å². The molecular formula is C14H20N2. The predicted molar refractivity (Wildman–Crippen MR) is 66.6 cm³/mol. The zero-order valence-corrected chi connectivity index (χ0v) is 9.95. The highest BCUT2D eigenvalue weighted by Gasteiger charge is 2.52. The average molecular weight is 216 g/mol. The summed E-state index contributed by atoms with van der Waals surface area (Å²) in [6.45, 7) is 3.46. The van der Waals surface area contributed by atoms with Crippen molar-refractivity contribution in [3.63, 3.8) is 0 Å². The maximum atomic E-state index is 3.54. The molecule has 1 aromatic rings. The predicted octanol–water partition coefficient (Wildman–Crippen LogP) is 1.62. The van der Waals surface area contributed by atoms with E-state index in [1.54, 1.807) is 0 Å². The zero-order valence-electron chi connectivity index (χ0n) is 9.95. The van der Waals surface area contributed by atoms with Crippen molar-refractivity contribution < 1.29 is 0 Å². The van der Waals surface area contributed by atoms with Crippen LogP contribution in [0.5, 0.6) is 0 Å². The van der Waals surface area contributed by atoms with Gasteiger partial charge >= 0.3 is 0 Å². The fourth-order valence-electron chi connectivity index (χ4n) is 3.14. The molecule has 86 valence electrons. The summed E-state index contributed by atoms with van der Waals surface area (Å²) in [7, 11) is 2.27. The first-order valence-electron chi connectivity index (χ1n) is 6.29.